The number of hydrogen-bond donors (Lipinski definition) is 1. The van der Waals surface area contributed by atoms with E-state index in [1.165, 1.54) is 6.07 Å². The molecule has 1 N–H and O–H groups in total. The Hall–Kier alpha value is -2.63. The van der Waals surface area contributed by atoms with Crippen LogP contribution in [-0.2, 0) is 6.18 Å². The predicted molar refractivity (Wildman–Crippen MR) is 77.0 cm³/mol. The predicted octanol–water partition coefficient (Wildman–Crippen LogP) is 4.47. The van der Waals surface area contributed by atoms with Crippen molar-refractivity contribution in [1.29, 1.82) is 0 Å². The van der Waals surface area contributed by atoms with Crippen molar-refractivity contribution in [3.8, 4) is 22.8 Å². The smallest absolute Gasteiger partial charge is 0.259 e. The summed E-state index contributed by atoms with van der Waals surface area (Å²) in [5.41, 5.74) is 1.49. The summed E-state index contributed by atoms with van der Waals surface area (Å²) in [6, 6.07) is 12.6. The minimum Gasteiger partial charge on any atom is -0.259 e. The zero-order chi connectivity index (χ0) is 15.7. The standard InChI is InChI=1S/C16H12F3N3/c1-10-5-2-3-8-13(10)15-20-14(21-22-15)11-6-4-7-12(9-11)16(17,18)19/h2-9H,1H3,(H,20,21,22). The van der Waals surface area contributed by atoms with Crippen molar-refractivity contribution in [2.45, 2.75) is 13.1 Å². The maximum atomic E-state index is 12.8. The van der Waals surface area contributed by atoms with Crippen LogP contribution in [0.4, 0.5) is 13.2 Å². The van der Waals surface area contributed by atoms with E-state index in [4.69, 9.17) is 0 Å². The van der Waals surface area contributed by atoms with E-state index < -0.39 is 11.7 Å². The molecule has 6 heteroatoms. The maximum absolute atomic E-state index is 12.8. The molecule has 0 bridgehead atoms. The second-order valence-electron chi connectivity index (χ2n) is 4.90. The molecule has 1 heterocycles. The maximum Gasteiger partial charge on any atom is 0.416 e. The number of rotatable bonds is 2. The SMILES string of the molecule is Cc1ccccc1-c1nc(-c2cccc(C(F)(F)F)c2)n[nH]1. The summed E-state index contributed by atoms with van der Waals surface area (Å²) < 4.78 is 38.3. The molecule has 0 amide bonds. The number of aryl methyl sites for hydroxylation is 1. The van der Waals surface area contributed by atoms with Crippen LogP contribution < -0.4 is 0 Å². The minimum absolute atomic E-state index is 0.240. The molecule has 0 saturated heterocycles. The highest BCUT2D eigenvalue weighted by atomic mass is 19.4. The van der Waals surface area contributed by atoms with Crippen molar-refractivity contribution in [3.05, 3.63) is 59.7 Å². The number of alkyl halides is 3. The Bertz CT molecular complexity index is 806. The molecule has 0 spiro atoms. The van der Waals surface area contributed by atoms with E-state index in [2.05, 4.69) is 15.2 Å². The van der Waals surface area contributed by atoms with Gasteiger partial charge in [0.25, 0.3) is 0 Å². The van der Waals surface area contributed by atoms with Gasteiger partial charge in [-0.2, -0.15) is 18.3 Å². The lowest BCUT2D eigenvalue weighted by Crippen LogP contribution is -2.04. The summed E-state index contributed by atoms with van der Waals surface area (Å²) in [5, 5.41) is 6.80. The largest absolute Gasteiger partial charge is 0.416 e. The summed E-state index contributed by atoms with van der Waals surface area (Å²) >= 11 is 0. The fraction of sp³-hybridized carbons (Fsp3) is 0.125. The normalized spacial score (nSPS) is 11.6. The van der Waals surface area contributed by atoms with Gasteiger partial charge in [-0.15, -0.1) is 0 Å². The number of halogens is 3. The lowest BCUT2D eigenvalue weighted by atomic mass is 10.1. The Labute approximate surface area is 124 Å². The van der Waals surface area contributed by atoms with Crippen LogP contribution in [0.2, 0.25) is 0 Å². The van der Waals surface area contributed by atoms with Gasteiger partial charge in [0.2, 0.25) is 0 Å². The molecule has 0 aliphatic rings. The highest BCUT2D eigenvalue weighted by molar-refractivity contribution is 5.64. The minimum atomic E-state index is -4.38. The Morgan fingerprint density at radius 2 is 1.77 bits per heavy atom. The molecular weight excluding hydrogens is 291 g/mol. The number of nitrogens with one attached hydrogen (secondary N) is 1. The van der Waals surface area contributed by atoms with Crippen LogP contribution in [0.3, 0.4) is 0 Å². The first-order valence-corrected chi connectivity index (χ1v) is 6.61. The second-order valence-corrected chi connectivity index (χ2v) is 4.90. The molecular formula is C16H12F3N3. The molecule has 0 aliphatic carbocycles. The van der Waals surface area contributed by atoms with Gasteiger partial charge in [0, 0.05) is 11.1 Å². The van der Waals surface area contributed by atoms with Gasteiger partial charge in [0.15, 0.2) is 11.6 Å². The van der Waals surface area contributed by atoms with Crippen LogP contribution in [0.25, 0.3) is 22.8 Å². The van der Waals surface area contributed by atoms with Gasteiger partial charge in [-0.3, -0.25) is 5.10 Å². The number of aromatic amines is 1. The van der Waals surface area contributed by atoms with Gasteiger partial charge in [-0.05, 0) is 24.6 Å². The third-order valence-electron chi connectivity index (χ3n) is 3.33. The quantitative estimate of drug-likeness (QED) is 0.759. The first-order chi connectivity index (χ1) is 10.4. The first kappa shape index (κ1) is 14.3. The average molecular weight is 303 g/mol. The molecule has 112 valence electrons. The van der Waals surface area contributed by atoms with Gasteiger partial charge in [-0.25, -0.2) is 4.98 Å². The third-order valence-corrected chi connectivity index (χ3v) is 3.33. The Morgan fingerprint density at radius 1 is 1.00 bits per heavy atom. The summed E-state index contributed by atoms with van der Waals surface area (Å²) in [5.74, 6) is 0.773. The Balaban J connectivity index is 2.00. The summed E-state index contributed by atoms with van der Waals surface area (Å²) in [6.45, 7) is 1.93. The lowest BCUT2D eigenvalue weighted by Gasteiger charge is -2.06. The van der Waals surface area contributed by atoms with Crippen molar-refractivity contribution >= 4 is 0 Å². The molecule has 3 nitrogen and oxygen atoms in total. The fourth-order valence-electron chi connectivity index (χ4n) is 2.18. The number of hydrogen-bond acceptors (Lipinski definition) is 2. The van der Waals surface area contributed by atoms with Gasteiger partial charge < -0.3 is 0 Å². The van der Waals surface area contributed by atoms with Crippen molar-refractivity contribution < 1.29 is 13.2 Å². The second kappa shape index (κ2) is 5.29. The zero-order valence-corrected chi connectivity index (χ0v) is 11.6. The molecule has 1 aromatic heterocycles. The molecule has 0 atom stereocenters. The van der Waals surface area contributed by atoms with Gasteiger partial charge in [0.05, 0.1) is 5.56 Å². The van der Waals surface area contributed by atoms with Crippen LogP contribution >= 0.6 is 0 Å². The van der Waals surface area contributed by atoms with Gasteiger partial charge in [-0.1, -0.05) is 36.4 Å². The molecule has 0 radical (unpaired) electrons. The highest BCUT2D eigenvalue weighted by Gasteiger charge is 2.30. The molecule has 22 heavy (non-hydrogen) atoms. The van der Waals surface area contributed by atoms with E-state index in [1.807, 2.05) is 31.2 Å². The van der Waals surface area contributed by atoms with Crippen molar-refractivity contribution in [1.82, 2.24) is 15.2 Å². The van der Waals surface area contributed by atoms with E-state index in [9.17, 15) is 13.2 Å². The zero-order valence-electron chi connectivity index (χ0n) is 11.6. The molecule has 2 aromatic carbocycles. The number of benzene rings is 2. The first-order valence-electron chi connectivity index (χ1n) is 6.61. The van der Waals surface area contributed by atoms with E-state index in [0.717, 1.165) is 23.3 Å². The van der Waals surface area contributed by atoms with Crippen LogP contribution in [-0.4, -0.2) is 15.2 Å². The van der Waals surface area contributed by atoms with E-state index in [-0.39, 0.29) is 5.82 Å². The van der Waals surface area contributed by atoms with E-state index in [0.29, 0.717) is 11.4 Å². The van der Waals surface area contributed by atoms with Crippen molar-refractivity contribution in [2.24, 2.45) is 0 Å². The van der Waals surface area contributed by atoms with Gasteiger partial charge in [0.1, 0.15) is 0 Å². The number of aromatic nitrogens is 3. The average Bonchev–Trinajstić information content (AvgIpc) is 2.97. The topological polar surface area (TPSA) is 41.6 Å². The van der Waals surface area contributed by atoms with Crippen LogP contribution in [0.5, 0.6) is 0 Å². The van der Waals surface area contributed by atoms with Crippen LogP contribution in [0.15, 0.2) is 48.5 Å². The number of nitrogens with zero attached hydrogens (tertiary/aromatic N) is 2. The molecule has 0 aliphatic heterocycles. The molecule has 0 saturated carbocycles. The third kappa shape index (κ3) is 2.72. The summed E-state index contributed by atoms with van der Waals surface area (Å²) in [7, 11) is 0. The highest BCUT2D eigenvalue weighted by Crippen LogP contribution is 2.31. The molecule has 0 unspecified atom stereocenters. The fourth-order valence-corrected chi connectivity index (χ4v) is 2.18. The van der Waals surface area contributed by atoms with Gasteiger partial charge >= 0.3 is 6.18 Å². The van der Waals surface area contributed by atoms with Crippen molar-refractivity contribution in [2.75, 3.05) is 0 Å². The van der Waals surface area contributed by atoms with E-state index >= 15 is 0 Å². The molecule has 3 aromatic rings. The Morgan fingerprint density at radius 3 is 2.50 bits per heavy atom. The summed E-state index contributed by atoms with van der Waals surface area (Å²) in [6.07, 6.45) is -4.38. The molecule has 0 fully saturated rings. The monoisotopic (exact) mass is 303 g/mol. The van der Waals surface area contributed by atoms with Crippen LogP contribution in [0, 0.1) is 6.92 Å². The molecule has 3 rings (SSSR count). The number of H-pyrrole nitrogens is 1. The van der Waals surface area contributed by atoms with Crippen LogP contribution in [0.1, 0.15) is 11.1 Å². The van der Waals surface area contributed by atoms with E-state index in [1.54, 1.807) is 6.07 Å². The van der Waals surface area contributed by atoms with Crippen molar-refractivity contribution in [3.63, 3.8) is 0 Å². The lowest BCUT2D eigenvalue weighted by molar-refractivity contribution is -0.137. The summed E-state index contributed by atoms with van der Waals surface area (Å²) in [4.78, 5) is 4.30. The Kier molecular flexibility index (Phi) is 3.44.